The Morgan fingerprint density at radius 3 is 2.42 bits per heavy atom. The zero-order chi connectivity index (χ0) is 18.1. The summed E-state index contributed by atoms with van der Waals surface area (Å²) in [4.78, 5) is 12.1. The van der Waals surface area contributed by atoms with E-state index in [4.69, 9.17) is 0 Å². The Hall–Kier alpha value is -2.51. The van der Waals surface area contributed by atoms with Crippen molar-refractivity contribution in [2.45, 2.75) is 33.0 Å². The summed E-state index contributed by atoms with van der Waals surface area (Å²) in [5, 5.41) is 9.35. The van der Waals surface area contributed by atoms with Crippen molar-refractivity contribution in [3.8, 4) is 0 Å². The standard InChI is InChI=1S/C16H19F3N4O/c1-9(12-7-5-6-8-13(12)16(17,18)19)20-15(24)21-14-10(2)22-23(4)11(14)3/h5-9H,1-4H3,(H2,20,21,24)/t9-/m0/s1. The maximum absolute atomic E-state index is 13.1. The van der Waals surface area contributed by atoms with Gasteiger partial charge in [-0.2, -0.15) is 18.3 Å². The molecule has 2 rings (SSSR count). The van der Waals surface area contributed by atoms with Gasteiger partial charge in [-0.3, -0.25) is 4.68 Å². The number of urea groups is 1. The van der Waals surface area contributed by atoms with Gasteiger partial charge in [0, 0.05) is 7.05 Å². The molecular formula is C16H19F3N4O. The van der Waals surface area contributed by atoms with Crippen molar-refractivity contribution in [1.82, 2.24) is 15.1 Å². The molecule has 0 saturated heterocycles. The van der Waals surface area contributed by atoms with Crippen LogP contribution in [0.5, 0.6) is 0 Å². The van der Waals surface area contributed by atoms with E-state index < -0.39 is 23.8 Å². The van der Waals surface area contributed by atoms with E-state index >= 15 is 0 Å². The van der Waals surface area contributed by atoms with Crippen LogP contribution in [0.4, 0.5) is 23.7 Å². The smallest absolute Gasteiger partial charge is 0.331 e. The Kier molecular flexibility index (Phi) is 4.86. The molecule has 1 aromatic carbocycles. The number of hydrogen-bond acceptors (Lipinski definition) is 2. The van der Waals surface area contributed by atoms with Gasteiger partial charge in [0.05, 0.1) is 28.7 Å². The molecule has 2 aromatic rings. The van der Waals surface area contributed by atoms with E-state index in [9.17, 15) is 18.0 Å². The van der Waals surface area contributed by atoms with Crippen LogP contribution < -0.4 is 10.6 Å². The fourth-order valence-corrected chi connectivity index (χ4v) is 2.51. The Morgan fingerprint density at radius 1 is 1.25 bits per heavy atom. The second-order valence-electron chi connectivity index (χ2n) is 5.57. The molecule has 130 valence electrons. The van der Waals surface area contributed by atoms with Crippen LogP contribution in [0.3, 0.4) is 0 Å². The third-order valence-corrected chi connectivity index (χ3v) is 3.83. The van der Waals surface area contributed by atoms with Crippen molar-refractivity contribution in [3.05, 3.63) is 46.8 Å². The predicted octanol–water partition coefficient (Wildman–Crippen LogP) is 3.94. The molecule has 0 unspecified atom stereocenters. The van der Waals surface area contributed by atoms with Crippen molar-refractivity contribution >= 4 is 11.7 Å². The topological polar surface area (TPSA) is 59.0 Å². The number of benzene rings is 1. The van der Waals surface area contributed by atoms with E-state index in [1.165, 1.54) is 25.1 Å². The first-order valence-corrected chi connectivity index (χ1v) is 7.35. The lowest BCUT2D eigenvalue weighted by Gasteiger charge is -2.19. The first-order valence-electron chi connectivity index (χ1n) is 7.35. The number of carbonyl (C=O) groups excluding carboxylic acids is 1. The van der Waals surface area contributed by atoms with Crippen molar-refractivity contribution in [2.24, 2.45) is 7.05 Å². The molecule has 0 bridgehead atoms. The number of halogens is 3. The fourth-order valence-electron chi connectivity index (χ4n) is 2.51. The maximum atomic E-state index is 13.1. The summed E-state index contributed by atoms with van der Waals surface area (Å²) >= 11 is 0. The molecule has 1 aromatic heterocycles. The number of alkyl halides is 3. The molecule has 0 aliphatic rings. The summed E-state index contributed by atoms with van der Waals surface area (Å²) in [6, 6.07) is 3.80. The molecule has 1 heterocycles. The lowest BCUT2D eigenvalue weighted by Crippen LogP contribution is -2.32. The van der Waals surface area contributed by atoms with Gasteiger partial charge in [0.25, 0.3) is 0 Å². The summed E-state index contributed by atoms with van der Waals surface area (Å²) in [6.45, 7) is 5.04. The summed E-state index contributed by atoms with van der Waals surface area (Å²) in [5.41, 5.74) is 1.19. The van der Waals surface area contributed by atoms with Gasteiger partial charge in [-0.1, -0.05) is 18.2 Å². The molecule has 0 saturated carbocycles. The van der Waals surface area contributed by atoms with Crippen molar-refractivity contribution in [1.29, 1.82) is 0 Å². The molecule has 0 fully saturated rings. The van der Waals surface area contributed by atoms with Crippen LogP contribution in [0.15, 0.2) is 24.3 Å². The Labute approximate surface area is 137 Å². The minimum absolute atomic E-state index is 0.0137. The Balaban J connectivity index is 2.16. The second kappa shape index (κ2) is 6.54. The van der Waals surface area contributed by atoms with E-state index in [1.54, 1.807) is 25.6 Å². The summed E-state index contributed by atoms with van der Waals surface area (Å²) in [6.07, 6.45) is -4.47. The Morgan fingerprint density at radius 2 is 1.88 bits per heavy atom. The van der Waals surface area contributed by atoms with E-state index in [0.29, 0.717) is 11.4 Å². The number of nitrogens with one attached hydrogen (secondary N) is 2. The molecule has 2 N–H and O–H groups in total. The zero-order valence-corrected chi connectivity index (χ0v) is 13.8. The lowest BCUT2D eigenvalue weighted by atomic mass is 10.0. The number of nitrogens with zero attached hydrogens (tertiary/aromatic N) is 2. The molecule has 2 amide bonds. The molecule has 8 heteroatoms. The number of rotatable bonds is 3. The summed E-state index contributed by atoms with van der Waals surface area (Å²) in [5.74, 6) is 0. The highest BCUT2D eigenvalue weighted by molar-refractivity contribution is 5.90. The van der Waals surface area contributed by atoms with Crippen LogP contribution >= 0.6 is 0 Å². The average Bonchev–Trinajstić information content (AvgIpc) is 2.73. The third-order valence-electron chi connectivity index (χ3n) is 3.83. The van der Waals surface area contributed by atoms with Crippen LogP contribution in [0.2, 0.25) is 0 Å². The molecule has 0 aliphatic carbocycles. The minimum Gasteiger partial charge on any atom is -0.331 e. The van der Waals surface area contributed by atoms with Gasteiger partial charge in [0.1, 0.15) is 0 Å². The van der Waals surface area contributed by atoms with Crippen LogP contribution in [-0.2, 0) is 13.2 Å². The van der Waals surface area contributed by atoms with Gasteiger partial charge in [-0.05, 0) is 32.4 Å². The van der Waals surface area contributed by atoms with Crippen molar-refractivity contribution in [3.63, 3.8) is 0 Å². The maximum Gasteiger partial charge on any atom is 0.416 e. The average molecular weight is 340 g/mol. The zero-order valence-electron chi connectivity index (χ0n) is 13.8. The van der Waals surface area contributed by atoms with E-state index in [0.717, 1.165) is 11.8 Å². The van der Waals surface area contributed by atoms with Crippen molar-refractivity contribution in [2.75, 3.05) is 5.32 Å². The minimum atomic E-state index is -4.47. The molecule has 0 radical (unpaired) electrons. The van der Waals surface area contributed by atoms with Crippen LogP contribution in [-0.4, -0.2) is 15.8 Å². The molecule has 1 atom stereocenters. The van der Waals surface area contributed by atoms with E-state index in [-0.39, 0.29) is 5.56 Å². The van der Waals surface area contributed by atoms with Gasteiger partial charge in [-0.25, -0.2) is 4.79 Å². The third kappa shape index (κ3) is 3.69. The van der Waals surface area contributed by atoms with Crippen LogP contribution in [0.1, 0.15) is 35.5 Å². The number of carbonyl (C=O) groups is 1. The molecular weight excluding hydrogens is 321 g/mol. The second-order valence-corrected chi connectivity index (χ2v) is 5.57. The van der Waals surface area contributed by atoms with Crippen LogP contribution in [0, 0.1) is 13.8 Å². The monoisotopic (exact) mass is 340 g/mol. The van der Waals surface area contributed by atoms with Gasteiger partial charge in [0.2, 0.25) is 0 Å². The normalized spacial score (nSPS) is 12.8. The fraction of sp³-hybridized carbons (Fsp3) is 0.375. The van der Waals surface area contributed by atoms with E-state index in [2.05, 4.69) is 15.7 Å². The molecule has 24 heavy (non-hydrogen) atoms. The Bertz CT molecular complexity index is 752. The number of anilines is 1. The SMILES string of the molecule is Cc1nn(C)c(C)c1NC(=O)N[C@@H](C)c1ccccc1C(F)(F)F. The summed E-state index contributed by atoms with van der Waals surface area (Å²) in [7, 11) is 1.74. The number of aromatic nitrogens is 2. The number of hydrogen-bond donors (Lipinski definition) is 2. The number of aryl methyl sites for hydroxylation is 2. The largest absolute Gasteiger partial charge is 0.416 e. The van der Waals surface area contributed by atoms with E-state index in [1.807, 2.05) is 0 Å². The lowest BCUT2D eigenvalue weighted by molar-refractivity contribution is -0.138. The summed E-state index contributed by atoms with van der Waals surface area (Å²) < 4.78 is 40.8. The first kappa shape index (κ1) is 17.8. The highest BCUT2D eigenvalue weighted by Gasteiger charge is 2.34. The van der Waals surface area contributed by atoms with Gasteiger partial charge < -0.3 is 10.6 Å². The van der Waals surface area contributed by atoms with Gasteiger partial charge in [0.15, 0.2) is 0 Å². The highest BCUT2D eigenvalue weighted by atomic mass is 19.4. The quantitative estimate of drug-likeness (QED) is 0.889. The van der Waals surface area contributed by atoms with Gasteiger partial charge in [-0.15, -0.1) is 0 Å². The first-order chi connectivity index (χ1) is 11.1. The number of amides is 2. The molecule has 5 nitrogen and oxygen atoms in total. The predicted molar refractivity (Wildman–Crippen MR) is 84.7 cm³/mol. The van der Waals surface area contributed by atoms with Crippen molar-refractivity contribution < 1.29 is 18.0 Å². The molecule has 0 aliphatic heterocycles. The highest BCUT2D eigenvalue weighted by Crippen LogP contribution is 2.34. The van der Waals surface area contributed by atoms with Gasteiger partial charge >= 0.3 is 12.2 Å². The molecule has 0 spiro atoms. The van der Waals surface area contributed by atoms with Crippen LogP contribution in [0.25, 0.3) is 0 Å².